The number of imide groups is 1. The van der Waals surface area contributed by atoms with E-state index in [9.17, 15) is 14.4 Å². The number of benzene rings is 1. The van der Waals surface area contributed by atoms with E-state index >= 15 is 0 Å². The van der Waals surface area contributed by atoms with E-state index in [0.29, 0.717) is 31.2 Å². The summed E-state index contributed by atoms with van der Waals surface area (Å²) in [6.45, 7) is 2.39. The number of ether oxygens (including phenoxy) is 1. The molecule has 1 aliphatic heterocycles. The molecular weight excluding hydrogens is 348 g/mol. The van der Waals surface area contributed by atoms with Crippen LogP contribution in [0.2, 0.25) is 5.02 Å². The van der Waals surface area contributed by atoms with E-state index in [0.717, 1.165) is 5.56 Å². The van der Waals surface area contributed by atoms with Gasteiger partial charge in [-0.15, -0.1) is 0 Å². The van der Waals surface area contributed by atoms with Crippen LogP contribution in [-0.4, -0.2) is 67.5 Å². The number of hydrogen-bond donors (Lipinski definition) is 2. The Morgan fingerprint density at radius 2 is 1.80 bits per heavy atom. The van der Waals surface area contributed by atoms with Crippen LogP contribution >= 0.6 is 11.6 Å². The van der Waals surface area contributed by atoms with Crippen molar-refractivity contribution in [3.8, 4) is 0 Å². The molecule has 1 unspecified atom stereocenters. The summed E-state index contributed by atoms with van der Waals surface area (Å²) in [5, 5.41) is 2.64. The first-order chi connectivity index (χ1) is 11.9. The van der Waals surface area contributed by atoms with E-state index in [1.165, 1.54) is 7.11 Å². The second-order valence-electron chi connectivity index (χ2n) is 5.70. The summed E-state index contributed by atoms with van der Waals surface area (Å²) in [5.41, 5.74) is 5.73. The first-order valence-electron chi connectivity index (χ1n) is 7.79. The Morgan fingerprint density at radius 1 is 1.20 bits per heavy atom. The van der Waals surface area contributed by atoms with Crippen molar-refractivity contribution in [1.82, 2.24) is 15.1 Å². The quantitative estimate of drug-likeness (QED) is 0.727. The fraction of sp³-hybridized carbons (Fsp3) is 0.438. The van der Waals surface area contributed by atoms with Gasteiger partial charge in [-0.3, -0.25) is 19.9 Å². The van der Waals surface area contributed by atoms with Gasteiger partial charge in [0, 0.05) is 31.2 Å². The van der Waals surface area contributed by atoms with E-state index < -0.39 is 18.0 Å². The fourth-order valence-electron chi connectivity index (χ4n) is 2.81. The Balaban J connectivity index is 2.00. The van der Waals surface area contributed by atoms with Crippen LogP contribution in [0.1, 0.15) is 11.6 Å². The van der Waals surface area contributed by atoms with Crippen molar-refractivity contribution in [1.29, 1.82) is 0 Å². The predicted molar refractivity (Wildman–Crippen MR) is 91.9 cm³/mol. The molecule has 1 saturated heterocycles. The van der Waals surface area contributed by atoms with Crippen LogP contribution < -0.4 is 11.1 Å². The van der Waals surface area contributed by atoms with E-state index in [-0.39, 0.29) is 12.5 Å². The molecule has 1 aliphatic rings. The van der Waals surface area contributed by atoms with Gasteiger partial charge in [0.2, 0.25) is 5.91 Å². The molecule has 1 atom stereocenters. The van der Waals surface area contributed by atoms with Crippen LogP contribution in [0.5, 0.6) is 0 Å². The van der Waals surface area contributed by atoms with Gasteiger partial charge in [-0.2, -0.15) is 0 Å². The topological polar surface area (TPSA) is 105 Å². The van der Waals surface area contributed by atoms with Gasteiger partial charge in [-0.25, -0.2) is 9.59 Å². The zero-order valence-electron chi connectivity index (χ0n) is 13.9. The maximum atomic E-state index is 12.3. The van der Waals surface area contributed by atoms with Crippen molar-refractivity contribution in [2.75, 3.05) is 39.8 Å². The average Bonchev–Trinajstić information content (AvgIpc) is 2.57. The van der Waals surface area contributed by atoms with Crippen molar-refractivity contribution in [2.24, 2.45) is 5.73 Å². The second kappa shape index (κ2) is 8.80. The van der Waals surface area contributed by atoms with Gasteiger partial charge < -0.3 is 10.5 Å². The maximum Gasteiger partial charge on any atom is 0.327 e. The third-order valence-corrected chi connectivity index (χ3v) is 4.26. The van der Waals surface area contributed by atoms with Gasteiger partial charge in [-0.1, -0.05) is 23.7 Å². The summed E-state index contributed by atoms with van der Waals surface area (Å²) >= 11 is 5.91. The number of piperazine rings is 1. The number of nitrogens with two attached hydrogens (primary N) is 1. The molecule has 3 amide bonds. The smallest absolute Gasteiger partial charge is 0.327 e. The van der Waals surface area contributed by atoms with Crippen molar-refractivity contribution in [3.63, 3.8) is 0 Å². The van der Waals surface area contributed by atoms with Gasteiger partial charge in [0.05, 0.1) is 13.7 Å². The molecule has 0 spiro atoms. The first-order valence-corrected chi connectivity index (χ1v) is 8.17. The highest BCUT2D eigenvalue weighted by atomic mass is 35.5. The van der Waals surface area contributed by atoms with Crippen molar-refractivity contribution in [3.05, 3.63) is 34.9 Å². The number of urea groups is 1. The van der Waals surface area contributed by atoms with Gasteiger partial charge in [0.25, 0.3) is 0 Å². The Morgan fingerprint density at radius 3 is 2.32 bits per heavy atom. The molecule has 0 saturated carbocycles. The number of esters is 1. The minimum atomic E-state index is -0.864. The standard InChI is InChI=1S/C16H21ClN4O4/c1-25-15(23)14(11-2-4-12(17)5-3-11)21-8-6-20(7-9-21)10-13(22)19-16(18)24/h2-5,14H,6-10H2,1H3,(H3,18,19,22,24). The molecule has 0 bridgehead atoms. The Hall–Kier alpha value is -2.16. The average molecular weight is 369 g/mol. The van der Waals surface area contributed by atoms with Crippen LogP contribution in [0.25, 0.3) is 0 Å². The van der Waals surface area contributed by atoms with Gasteiger partial charge >= 0.3 is 12.0 Å². The predicted octanol–water partition coefficient (Wildman–Crippen LogP) is 0.367. The molecule has 2 rings (SSSR count). The number of hydrogen-bond acceptors (Lipinski definition) is 6. The zero-order chi connectivity index (χ0) is 18.4. The molecule has 1 heterocycles. The second-order valence-corrected chi connectivity index (χ2v) is 6.14. The van der Waals surface area contributed by atoms with E-state index in [2.05, 4.69) is 0 Å². The molecule has 3 N–H and O–H groups in total. The fourth-order valence-corrected chi connectivity index (χ4v) is 2.94. The first kappa shape index (κ1) is 19.2. The number of amides is 3. The van der Waals surface area contributed by atoms with Crippen LogP contribution in [0, 0.1) is 0 Å². The maximum absolute atomic E-state index is 12.3. The molecule has 0 aliphatic carbocycles. The van der Waals surface area contributed by atoms with E-state index in [1.807, 2.05) is 15.1 Å². The molecule has 8 nitrogen and oxygen atoms in total. The molecule has 0 aromatic heterocycles. The van der Waals surface area contributed by atoms with Gasteiger partial charge in [0.1, 0.15) is 6.04 Å². The SMILES string of the molecule is COC(=O)C(c1ccc(Cl)cc1)N1CCN(CC(=O)NC(N)=O)CC1. The summed E-state index contributed by atoms with van der Waals surface area (Å²) in [5.74, 6) is -0.787. The Bertz CT molecular complexity index is 630. The number of halogens is 1. The molecule has 1 fully saturated rings. The lowest BCUT2D eigenvalue weighted by Crippen LogP contribution is -2.52. The largest absolute Gasteiger partial charge is 0.468 e. The van der Waals surface area contributed by atoms with Gasteiger partial charge in [-0.05, 0) is 17.7 Å². The molecule has 0 radical (unpaired) electrons. The number of carbonyl (C=O) groups is 3. The van der Waals surface area contributed by atoms with Crippen molar-refractivity contribution >= 4 is 29.5 Å². The summed E-state index contributed by atoms with van der Waals surface area (Å²) in [7, 11) is 1.36. The summed E-state index contributed by atoms with van der Waals surface area (Å²) < 4.78 is 4.94. The normalized spacial score (nSPS) is 16.9. The lowest BCUT2D eigenvalue weighted by molar-refractivity contribution is -0.148. The zero-order valence-corrected chi connectivity index (χ0v) is 14.7. The number of methoxy groups -OCH3 is 1. The third-order valence-electron chi connectivity index (χ3n) is 4.01. The highest BCUT2D eigenvalue weighted by Gasteiger charge is 2.31. The van der Waals surface area contributed by atoms with Crippen molar-refractivity contribution in [2.45, 2.75) is 6.04 Å². The third kappa shape index (κ3) is 5.42. The lowest BCUT2D eigenvalue weighted by Gasteiger charge is -2.37. The minimum Gasteiger partial charge on any atom is -0.468 e. The van der Waals surface area contributed by atoms with Crippen LogP contribution in [0.15, 0.2) is 24.3 Å². The number of rotatable bonds is 5. The van der Waals surface area contributed by atoms with Crippen LogP contribution in [-0.2, 0) is 14.3 Å². The minimum absolute atomic E-state index is 0.0839. The van der Waals surface area contributed by atoms with E-state index in [4.69, 9.17) is 22.1 Å². The van der Waals surface area contributed by atoms with Crippen LogP contribution in [0.4, 0.5) is 4.79 Å². The highest BCUT2D eigenvalue weighted by Crippen LogP contribution is 2.25. The molecule has 136 valence electrons. The molecule has 1 aromatic carbocycles. The number of primary amides is 1. The number of nitrogens with one attached hydrogen (secondary N) is 1. The number of carbonyl (C=O) groups excluding carboxylic acids is 3. The summed E-state index contributed by atoms with van der Waals surface area (Å²) in [6, 6.07) is 5.68. The van der Waals surface area contributed by atoms with E-state index in [1.54, 1.807) is 24.3 Å². The summed E-state index contributed by atoms with van der Waals surface area (Å²) in [4.78, 5) is 38.4. The summed E-state index contributed by atoms with van der Waals surface area (Å²) in [6.07, 6.45) is 0. The highest BCUT2D eigenvalue weighted by molar-refractivity contribution is 6.30. The molecule has 1 aromatic rings. The van der Waals surface area contributed by atoms with Gasteiger partial charge in [0.15, 0.2) is 0 Å². The monoisotopic (exact) mass is 368 g/mol. The lowest BCUT2D eigenvalue weighted by atomic mass is 10.0. The molecule has 25 heavy (non-hydrogen) atoms. The molecular formula is C16H21ClN4O4. The Labute approximate surface area is 150 Å². The Kier molecular flexibility index (Phi) is 6.74. The number of nitrogens with zero attached hydrogens (tertiary/aromatic N) is 2. The molecule has 9 heteroatoms. The van der Waals surface area contributed by atoms with Crippen LogP contribution in [0.3, 0.4) is 0 Å². The van der Waals surface area contributed by atoms with Crippen molar-refractivity contribution < 1.29 is 19.1 Å².